The van der Waals surface area contributed by atoms with Gasteiger partial charge in [0, 0.05) is 12.5 Å². The Labute approximate surface area is 262 Å². The quantitative estimate of drug-likeness (QED) is 0.314. The highest BCUT2D eigenvalue weighted by atomic mass is 19.1. The van der Waals surface area contributed by atoms with Crippen LogP contribution in [0.5, 0.6) is 0 Å². The lowest BCUT2D eigenvalue weighted by Gasteiger charge is -2.31. The molecule has 2 N–H and O–H groups in total. The molecule has 1 aliphatic heterocycles. The van der Waals surface area contributed by atoms with E-state index < -0.39 is 48.2 Å². The first-order valence-corrected chi connectivity index (χ1v) is 15.2. The Balaban J connectivity index is 1.33. The van der Waals surface area contributed by atoms with Crippen molar-refractivity contribution in [3.63, 3.8) is 0 Å². The van der Waals surface area contributed by atoms with Crippen LogP contribution in [0.4, 0.5) is 9.18 Å². The van der Waals surface area contributed by atoms with Crippen molar-refractivity contribution in [2.45, 2.75) is 56.9 Å². The van der Waals surface area contributed by atoms with E-state index in [0.29, 0.717) is 12.8 Å². The largest absolute Gasteiger partial charge is 0.467 e. The van der Waals surface area contributed by atoms with Crippen molar-refractivity contribution >= 4 is 23.9 Å². The number of carbonyl (C=O) groups excluding carboxylic acids is 4. The maximum Gasteiger partial charge on any atom is 0.407 e. The topological polar surface area (TPSA) is 114 Å². The van der Waals surface area contributed by atoms with Crippen molar-refractivity contribution in [2.75, 3.05) is 20.3 Å². The van der Waals surface area contributed by atoms with Crippen LogP contribution < -0.4 is 10.6 Å². The molecule has 5 rings (SSSR count). The summed E-state index contributed by atoms with van der Waals surface area (Å²) in [6.07, 6.45) is -2.04. The SMILES string of the molecule is COC(=O)[C@@H](NC(=O)[C@@H]1CCCN1C(=O)[C@H](NC(=O)OCC1c2ccccc2-c2ccccc21)C(F)c1ccccc1)C(C)C. The van der Waals surface area contributed by atoms with E-state index in [2.05, 4.69) is 10.6 Å². The van der Waals surface area contributed by atoms with E-state index >= 15 is 4.39 Å². The maximum absolute atomic E-state index is 16.1. The van der Waals surface area contributed by atoms with E-state index in [-0.39, 0.29) is 30.6 Å². The minimum atomic E-state index is -1.91. The lowest BCUT2D eigenvalue weighted by atomic mass is 9.98. The average Bonchev–Trinajstić information content (AvgIpc) is 3.68. The Hall–Kier alpha value is -4.73. The van der Waals surface area contributed by atoms with Gasteiger partial charge in [-0.15, -0.1) is 0 Å². The van der Waals surface area contributed by atoms with Crippen LogP contribution in [0.25, 0.3) is 11.1 Å². The first kappa shape index (κ1) is 31.7. The summed E-state index contributed by atoms with van der Waals surface area (Å²) in [5, 5.41) is 5.17. The predicted molar refractivity (Wildman–Crippen MR) is 166 cm³/mol. The number of carbonyl (C=O) groups is 4. The van der Waals surface area contributed by atoms with E-state index in [9.17, 15) is 19.2 Å². The molecule has 45 heavy (non-hydrogen) atoms. The summed E-state index contributed by atoms with van der Waals surface area (Å²) in [7, 11) is 1.24. The first-order valence-electron chi connectivity index (χ1n) is 15.2. The molecule has 10 heteroatoms. The number of alkyl halides is 1. The Morgan fingerprint density at radius 1 is 0.867 bits per heavy atom. The highest BCUT2D eigenvalue weighted by Gasteiger charge is 2.42. The van der Waals surface area contributed by atoms with Gasteiger partial charge in [-0.25, -0.2) is 14.0 Å². The van der Waals surface area contributed by atoms with Crippen molar-refractivity contribution < 1.29 is 33.0 Å². The number of nitrogens with one attached hydrogen (secondary N) is 2. The lowest BCUT2D eigenvalue weighted by molar-refractivity contribution is -0.148. The highest BCUT2D eigenvalue weighted by molar-refractivity contribution is 5.94. The van der Waals surface area contributed by atoms with Gasteiger partial charge >= 0.3 is 12.1 Å². The van der Waals surface area contributed by atoms with Crippen LogP contribution in [0.2, 0.25) is 0 Å². The van der Waals surface area contributed by atoms with Crippen molar-refractivity contribution in [2.24, 2.45) is 5.92 Å². The second-order valence-corrected chi connectivity index (χ2v) is 11.7. The molecule has 3 aromatic carbocycles. The van der Waals surface area contributed by atoms with Crippen molar-refractivity contribution in [1.29, 1.82) is 0 Å². The zero-order valence-electron chi connectivity index (χ0n) is 25.6. The molecule has 0 saturated carbocycles. The molecule has 1 unspecified atom stereocenters. The molecule has 236 valence electrons. The molecule has 3 aromatic rings. The predicted octanol–water partition coefficient (Wildman–Crippen LogP) is 4.91. The van der Waals surface area contributed by atoms with Crippen LogP contribution in [0.15, 0.2) is 78.9 Å². The fourth-order valence-corrected chi connectivity index (χ4v) is 6.21. The number of methoxy groups -OCH3 is 1. The Morgan fingerprint density at radius 2 is 1.47 bits per heavy atom. The summed E-state index contributed by atoms with van der Waals surface area (Å²) in [6.45, 7) is 3.70. The molecule has 1 aliphatic carbocycles. The van der Waals surface area contributed by atoms with Gasteiger partial charge in [0.05, 0.1) is 7.11 Å². The van der Waals surface area contributed by atoms with Gasteiger partial charge in [0.2, 0.25) is 11.8 Å². The summed E-state index contributed by atoms with van der Waals surface area (Å²) in [6, 6.07) is 20.3. The number of hydrogen-bond donors (Lipinski definition) is 2. The molecule has 3 amide bonds. The van der Waals surface area contributed by atoms with Gasteiger partial charge in [-0.3, -0.25) is 9.59 Å². The number of benzene rings is 3. The van der Waals surface area contributed by atoms with E-state index in [4.69, 9.17) is 9.47 Å². The van der Waals surface area contributed by atoms with Crippen LogP contribution in [0, 0.1) is 5.92 Å². The number of esters is 1. The monoisotopic (exact) mass is 615 g/mol. The number of fused-ring (bicyclic) bond motifs is 3. The summed E-state index contributed by atoms with van der Waals surface area (Å²) in [4.78, 5) is 54.0. The number of rotatable bonds is 10. The standard InChI is InChI=1S/C35H38FN3O6/c1-21(2)30(34(42)44-3)37-32(40)28-18-11-19-39(28)33(41)31(29(36)22-12-5-4-6-13-22)38-35(43)45-20-27-25-16-9-7-14-23(25)24-15-8-10-17-26(24)27/h4-10,12-17,21,27-31H,11,18-20H2,1-3H3,(H,37,40)(H,38,43)/t28-,29?,30-,31+/m0/s1. The third-order valence-corrected chi connectivity index (χ3v) is 8.55. The van der Waals surface area contributed by atoms with Gasteiger partial charge in [0.1, 0.15) is 24.7 Å². The first-order chi connectivity index (χ1) is 21.7. The van der Waals surface area contributed by atoms with Gasteiger partial charge in [-0.1, -0.05) is 92.7 Å². The van der Waals surface area contributed by atoms with Crippen LogP contribution in [-0.4, -0.2) is 67.2 Å². The maximum atomic E-state index is 16.1. The molecule has 0 aromatic heterocycles. The van der Waals surface area contributed by atoms with Gasteiger partial charge in [-0.05, 0) is 46.6 Å². The fraction of sp³-hybridized carbons (Fsp3) is 0.371. The van der Waals surface area contributed by atoms with Crippen LogP contribution in [0.1, 0.15) is 55.5 Å². The molecule has 0 bridgehead atoms. The van der Waals surface area contributed by atoms with Crippen LogP contribution in [-0.2, 0) is 23.9 Å². The molecule has 2 aliphatic rings. The lowest BCUT2D eigenvalue weighted by Crippen LogP contribution is -2.57. The number of likely N-dealkylation sites (tertiary alicyclic amines) is 1. The van der Waals surface area contributed by atoms with Gasteiger partial charge < -0.3 is 25.0 Å². The molecule has 1 heterocycles. The third-order valence-electron chi connectivity index (χ3n) is 8.55. The van der Waals surface area contributed by atoms with Crippen molar-refractivity contribution in [1.82, 2.24) is 15.5 Å². The average molecular weight is 616 g/mol. The Bertz CT molecular complexity index is 1500. The van der Waals surface area contributed by atoms with Crippen molar-refractivity contribution in [3.8, 4) is 11.1 Å². The van der Waals surface area contributed by atoms with Crippen molar-refractivity contribution in [3.05, 3.63) is 95.6 Å². The van der Waals surface area contributed by atoms with Crippen LogP contribution >= 0.6 is 0 Å². The summed E-state index contributed by atoms with van der Waals surface area (Å²) in [5.74, 6) is -2.38. The Morgan fingerprint density at radius 3 is 2.07 bits per heavy atom. The molecule has 9 nitrogen and oxygen atoms in total. The summed E-state index contributed by atoms with van der Waals surface area (Å²) < 4.78 is 26.6. The van der Waals surface area contributed by atoms with E-state index in [1.165, 1.54) is 24.1 Å². The number of hydrogen-bond acceptors (Lipinski definition) is 6. The molecular formula is C35H38FN3O6. The zero-order chi connectivity index (χ0) is 32.1. The summed E-state index contributed by atoms with van der Waals surface area (Å²) >= 11 is 0. The molecule has 0 radical (unpaired) electrons. The number of halogens is 1. The Kier molecular flexibility index (Phi) is 9.80. The normalized spacial score (nSPS) is 17.5. The fourth-order valence-electron chi connectivity index (χ4n) is 6.21. The third kappa shape index (κ3) is 6.69. The smallest absolute Gasteiger partial charge is 0.407 e. The van der Waals surface area contributed by atoms with E-state index in [1.807, 2.05) is 48.5 Å². The zero-order valence-corrected chi connectivity index (χ0v) is 25.6. The van der Waals surface area contributed by atoms with Gasteiger partial charge in [-0.2, -0.15) is 0 Å². The second kappa shape index (κ2) is 13.9. The molecule has 1 fully saturated rings. The van der Waals surface area contributed by atoms with E-state index in [1.54, 1.807) is 32.0 Å². The number of alkyl carbamates (subject to hydrolysis) is 1. The number of nitrogens with zero attached hydrogens (tertiary/aromatic N) is 1. The highest BCUT2D eigenvalue weighted by Crippen LogP contribution is 2.44. The van der Waals surface area contributed by atoms with Gasteiger partial charge in [0.15, 0.2) is 6.17 Å². The minimum absolute atomic E-state index is 0.0120. The molecule has 1 saturated heterocycles. The molecule has 0 spiro atoms. The minimum Gasteiger partial charge on any atom is -0.467 e. The number of ether oxygens (including phenoxy) is 2. The summed E-state index contributed by atoms with van der Waals surface area (Å²) in [5.41, 5.74) is 4.36. The molecule has 4 atom stereocenters. The van der Waals surface area contributed by atoms with Crippen LogP contribution in [0.3, 0.4) is 0 Å². The molecular weight excluding hydrogens is 577 g/mol. The van der Waals surface area contributed by atoms with E-state index in [0.717, 1.165) is 22.3 Å². The number of amides is 3. The second-order valence-electron chi connectivity index (χ2n) is 11.7. The van der Waals surface area contributed by atoms with Gasteiger partial charge in [0.25, 0.3) is 0 Å².